The highest BCUT2D eigenvalue weighted by Gasteiger charge is 2.23. The van der Waals surface area contributed by atoms with E-state index in [1.807, 2.05) is 57.8 Å². The van der Waals surface area contributed by atoms with Crippen LogP contribution in [0.3, 0.4) is 0 Å². The number of nitrogens with one attached hydrogen (secondary N) is 1. The van der Waals surface area contributed by atoms with Gasteiger partial charge in [0.1, 0.15) is 17.5 Å². The molecule has 1 N–H and O–H groups in total. The smallest absolute Gasteiger partial charge is 0.212 e. The first-order chi connectivity index (χ1) is 11.9. The molecule has 1 aromatic rings. The van der Waals surface area contributed by atoms with Gasteiger partial charge in [-0.1, -0.05) is 45.2 Å². The Morgan fingerprint density at radius 3 is 2.32 bits per heavy atom. The summed E-state index contributed by atoms with van der Waals surface area (Å²) in [5.74, 6) is 1.75. The maximum atomic E-state index is 12.1. The van der Waals surface area contributed by atoms with Crippen LogP contribution in [0, 0.1) is 6.92 Å². The van der Waals surface area contributed by atoms with Crippen molar-refractivity contribution in [3.63, 3.8) is 0 Å². The van der Waals surface area contributed by atoms with Crippen LogP contribution in [-0.2, 0) is 15.4 Å². The molecule has 1 aliphatic rings. The van der Waals surface area contributed by atoms with Crippen molar-refractivity contribution in [3.8, 4) is 0 Å². The predicted octanol–water partition coefficient (Wildman–Crippen LogP) is 4.86. The summed E-state index contributed by atoms with van der Waals surface area (Å²) in [4.78, 5) is 2.42. The second-order valence-corrected chi connectivity index (χ2v) is 5.64. The molecule has 6 nitrogen and oxygen atoms in total. The molecule has 0 aliphatic carbocycles. The van der Waals surface area contributed by atoms with Crippen molar-refractivity contribution < 1.29 is 8.49 Å². The van der Waals surface area contributed by atoms with Gasteiger partial charge in [-0.2, -0.15) is 14.4 Å². The Morgan fingerprint density at radius 1 is 1.28 bits per heavy atom. The minimum Gasteiger partial charge on any atom is -0.317 e. The van der Waals surface area contributed by atoms with E-state index in [4.69, 9.17) is 4.28 Å². The predicted molar refractivity (Wildman–Crippen MR) is 122 cm³/mol. The van der Waals surface area contributed by atoms with Crippen molar-refractivity contribution in [3.05, 3.63) is 54.6 Å². The average Bonchev–Trinajstić information content (AvgIpc) is 2.90. The lowest BCUT2D eigenvalue weighted by Crippen LogP contribution is -2.28. The molecule has 2 rings (SSSR count). The highest BCUT2D eigenvalue weighted by atomic mass is 128. The van der Waals surface area contributed by atoms with E-state index in [0.29, 0.717) is 16.5 Å². The molecular formula is C16H24I2N4O2S. The van der Waals surface area contributed by atoms with Crippen molar-refractivity contribution >= 4 is 54.1 Å². The summed E-state index contributed by atoms with van der Waals surface area (Å²) in [6, 6.07) is 7.31. The lowest BCUT2D eigenvalue weighted by molar-refractivity contribution is 0.208. The lowest BCUT2D eigenvalue weighted by atomic mass is 10.2. The van der Waals surface area contributed by atoms with Crippen LogP contribution in [0.15, 0.2) is 59.1 Å². The molecule has 1 unspecified atom stereocenters. The van der Waals surface area contributed by atoms with Crippen LogP contribution in [0.25, 0.3) is 0 Å². The van der Waals surface area contributed by atoms with Gasteiger partial charge in [0.15, 0.2) is 0 Å². The van der Waals surface area contributed by atoms with Crippen LogP contribution >= 0.6 is 37.2 Å². The van der Waals surface area contributed by atoms with E-state index in [1.54, 1.807) is 6.07 Å². The highest BCUT2D eigenvalue weighted by Crippen LogP contribution is 2.20. The van der Waals surface area contributed by atoms with E-state index < -0.39 is 11.1 Å². The van der Waals surface area contributed by atoms with Crippen molar-refractivity contribution in [1.82, 2.24) is 15.4 Å². The van der Waals surface area contributed by atoms with Gasteiger partial charge < -0.3 is 4.90 Å². The Balaban J connectivity index is 0.00000134. The van der Waals surface area contributed by atoms with Gasteiger partial charge in [0.25, 0.3) is 0 Å². The van der Waals surface area contributed by atoms with Crippen molar-refractivity contribution in [2.75, 3.05) is 7.05 Å². The van der Waals surface area contributed by atoms with Crippen molar-refractivity contribution in [1.29, 1.82) is 0 Å². The van der Waals surface area contributed by atoms with Crippen LogP contribution in [-0.4, -0.2) is 27.0 Å². The van der Waals surface area contributed by atoms with E-state index in [9.17, 15) is 4.21 Å². The molecule has 25 heavy (non-hydrogen) atoms. The first-order valence-corrected chi connectivity index (χ1v) is 14.8. The number of halogens is 2. The van der Waals surface area contributed by atoms with Gasteiger partial charge in [-0.05, 0) is 25.5 Å². The number of aryl methyl sites for hydroxylation is 1. The zero-order chi connectivity index (χ0) is 19.6. The van der Waals surface area contributed by atoms with Crippen LogP contribution < -0.4 is 5.48 Å². The number of hydrogen-bond donors (Lipinski definition) is 1. The Labute approximate surface area is 176 Å². The average molecular weight is 590 g/mol. The second-order valence-electron chi connectivity index (χ2n) is 4.57. The van der Waals surface area contributed by atoms with Gasteiger partial charge >= 0.3 is 0 Å². The van der Waals surface area contributed by atoms with E-state index in [0.717, 1.165) is 11.4 Å². The van der Waals surface area contributed by atoms with Crippen LogP contribution in [0.4, 0.5) is 0 Å². The zero-order valence-corrected chi connectivity index (χ0v) is 20.2. The quantitative estimate of drug-likeness (QED) is 0.393. The van der Waals surface area contributed by atoms with Gasteiger partial charge in [-0.15, -0.1) is 0 Å². The summed E-state index contributed by atoms with van der Waals surface area (Å²) in [5, 5.41) is 5.74. The fraction of sp³-hybridized carbons (Fsp3) is 0.312. The Bertz CT molecular complexity index is 653. The second kappa shape index (κ2) is 12.7. The number of hydroxylamine groups is 1. The summed E-state index contributed by atoms with van der Waals surface area (Å²) in [7, 11) is 1.85. The van der Waals surface area contributed by atoms with Gasteiger partial charge in [-0.25, -0.2) is 9.69 Å². The Hall–Kier alpha value is -0.660. The summed E-state index contributed by atoms with van der Waals surface area (Å²) in [5.41, 5.74) is 3.45. The van der Waals surface area contributed by atoms with Gasteiger partial charge in [0, 0.05) is 44.3 Å². The van der Waals surface area contributed by atoms with Crippen molar-refractivity contribution in [2.45, 2.75) is 32.6 Å². The first kappa shape index (κ1) is 24.3. The number of rotatable bonds is 5. The number of hydrazone groups is 1. The summed E-state index contributed by atoms with van der Waals surface area (Å²) >= 11 is 2.61. The van der Waals surface area contributed by atoms with E-state index in [2.05, 4.69) is 61.0 Å². The zero-order valence-electron chi connectivity index (χ0n) is 15.0. The normalized spacial score (nSPS) is 13.9. The van der Waals surface area contributed by atoms with E-state index >= 15 is 0 Å². The molecule has 0 fully saturated rings. The molecule has 140 valence electrons. The molecule has 1 aliphatic heterocycles. The fourth-order valence-electron chi connectivity index (χ4n) is 1.73. The number of nitrogens with zero attached hydrogens (tertiary/aromatic N) is 3. The molecule has 0 spiro atoms. The topological polar surface area (TPSA) is 57.2 Å². The molecule has 1 atom stereocenters. The highest BCUT2D eigenvalue weighted by molar-refractivity contribution is 15.0. The molecule has 0 radical (unpaired) electrons. The van der Waals surface area contributed by atoms with E-state index in [-0.39, 0.29) is 0 Å². The standard InChI is InChI=1S/C14H18N4O2S.C2H6.I2/c1-10-8-6-7-9-14(10)21(19)20-16-12(3)18-13(4)17(5)11(2)15-18;2*1-2/h6-9,16H,3-4H2,1-2,5H3;1-2H3;. The number of benzene rings is 1. The Kier molecular flexibility index (Phi) is 12.3. The molecular weight excluding hydrogens is 566 g/mol. The molecule has 0 bridgehead atoms. The van der Waals surface area contributed by atoms with Crippen molar-refractivity contribution in [2.24, 2.45) is 5.10 Å². The molecule has 9 heteroatoms. The maximum Gasteiger partial charge on any atom is 0.212 e. The van der Waals surface area contributed by atoms with Crippen LogP contribution in [0.1, 0.15) is 26.3 Å². The third-order valence-corrected chi connectivity index (χ3v) is 4.18. The third kappa shape index (κ3) is 6.87. The Morgan fingerprint density at radius 2 is 1.84 bits per heavy atom. The van der Waals surface area contributed by atoms with Crippen LogP contribution in [0.2, 0.25) is 0 Å². The van der Waals surface area contributed by atoms with E-state index in [1.165, 1.54) is 5.01 Å². The maximum absolute atomic E-state index is 12.1. The lowest BCUT2D eigenvalue weighted by Gasteiger charge is -2.20. The summed E-state index contributed by atoms with van der Waals surface area (Å²) in [6.07, 6.45) is 0. The largest absolute Gasteiger partial charge is 0.317 e. The molecule has 0 aromatic heterocycles. The van der Waals surface area contributed by atoms with Gasteiger partial charge in [0.2, 0.25) is 11.1 Å². The number of amidine groups is 1. The molecule has 0 saturated heterocycles. The third-order valence-electron chi connectivity index (χ3n) is 3.13. The molecule has 1 aromatic carbocycles. The summed E-state index contributed by atoms with van der Waals surface area (Å²) in [6.45, 7) is 15.4. The molecule has 0 amide bonds. The minimum atomic E-state index is -1.63. The first-order valence-electron chi connectivity index (χ1n) is 7.43. The summed E-state index contributed by atoms with van der Waals surface area (Å²) < 4.78 is 17.2. The number of hydrogen-bond acceptors (Lipinski definition) is 6. The van der Waals surface area contributed by atoms with Gasteiger partial charge in [0.05, 0.1) is 4.90 Å². The minimum absolute atomic E-state index is 0.339. The monoisotopic (exact) mass is 590 g/mol. The van der Waals surface area contributed by atoms with Gasteiger partial charge in [-0.3, -0.25) is 0 Å². The molecule has 1 heterocycles. The van der Waals surface area contributed by atoms with Crippen LogP contribution in [0.5, 0.6) is 0 Å². The molecule has 0 saturated carbocycles. The fourth-order valence-corrected chi connectivity index (χ4v) is 2.51. The SMILES string of the molecule is C=C(NOS(=O)c1ccccc1C)N1N=C(C)N(C)C1=C.CC.II.